The van der Waals surface area contributed by atoms with E-state index in [0.717, 1.165) is 16.8 Å². The summed E-state index contributed by atoms with van der Waals surface area (Å²) in [5.74, 6) is -0.775. The molecular formula is C16H14N2O3S2. The van der Waals surface area contributed by atoms with E-state index in [9.17, 15) is 9.90 Å². The Morgan fingerprint density at radius 2 is 2.17 bits per heavy atom. The number of carboxylic acids is 1. The molecule has 0 atom stereocenters. The standard InChI is InChI=1S/C16H14N2O3S2/c19-14(20)6-3-7-18-15(21)13(23-16(18)22)8-10-9-17-12-5-2-1-4-11(10)12/h1-2,4-5,8-9,21H,3,6-7H2,(H,19,20)/b10-8-. The van der Waals surface area contributed by atoms with Crippen LogP contribution in [0.3, 0.4) is 0 Å². The van der Waals surface area contributed by atoms with Crippen molar-refractivity contribution in [2.24, 2.45) is 4.99 Å². The summed E-state index contributed by atoms with van der Waals surface area (Å²) >= 11 is 6.57. The van der Waals surface area contributed by atoms with E-state index >= 15 is 0 Å². The van der Waals surface area contributed by atoms with E-state index < -0.39 is 5.97 Å². The lowest BCUT2D eigenvalue weighted by molar-refractivity contribution is -0.137. The summed E-state index contributed by atoms with van der Waals surface area (Å²) in [4.78, 5) is 15.6. The summed E-state index contributed by atoms with van der Waals surface area (Å²) in [5.41, 5.74) is 2.84. The van der Waals surface area contributed by atoms with Gasteiger partial charge in [-0.1, -0.05) is 18.2 Å². The molecule has 0 saturated carbocycles. The van der Waals surface area contributed by atoms with E-state index in [0.29, 0.717) is 21.8 Å². The first kappa shape index (κ1) is 15.6. The van der Waals surface area contributed by atoms with Gasteiger partial charge in [-0.05, 0) is 30.8 Å². The van der Waals surface area contributed by atoms with Gasteiger partial charge in [0, 0.05) is 30.3 Å². The molecule has 1 aliphatic heterocycles. The smallest absolute Gasteiger partial charge is 0.303 e. The van der Waals surface area contributed by atoms with Gasteiger partial charge in [0.05, 0.1) is 10.6 Å². The second kappa shape index (κ2) is 6.47. The van der Waals surface area contributed by atoms with Gasteiger partial charge in [0.1, 0.15) is 0 Å². The van der Waals surface area contributed by atoms with Crippen molar-refractivity contribution in [3.8, 4) is 5.88 Å². The number of aromatic nitrogens is 1. The van der Waals surface area contributed by atoms with Crippen LogP contribution in [0.4, 0.5) is 5.69 Å². The van der Waals surface area contributed by atoms with E-state index in [1.165, 1.54) is 11.3 Å². The van der Waals surface area contributed by atoms with E-state index in [1.54, 1.807) is 10.8 Å². The van der Waals surface area contributed by atoms with E-state index in [1.807, 2.05) is 30.3 Å². The number of fused-ring (bicyclic) bond motifs is 1. The van der Waals surface area contributed by atoms with Gasteiger partial charge in [-0.2, -0.15) is 0 Å². The average molecular weight is 346 g/mol. The lowest BCUT2D eigenvalue weighted by Crippen LogP contribution is -2.01. The third kappa shape index (κ3) is 3.25. The van der Waals surface area contributed by atoms with Crippen LogP contribution in [-0.4, -0.2) is 27.0 Å². The fraction of sp³-hybridized carbons (Fsp3) is 0.188. The van der Waals surface area contributed by atoms with Crippen LogP contribution in [0, 0.1) is 3.95 Å². The number of allylic oxidation sites excluding steroid dienone is 1. The van der Waals surface area contributed by atoms with Crippen LogP contribution in [0.5, 0.6) is 5.88 Å². The van der Waals surface area contributed by atoms with Gasteiger partial charge in [-0.3, -0.25) is 14.4 Å². The van der Waals surface area contributed by atoms with Gasteiger partial charge >= 0.3 is 5.97 Å². The average Bonchev–Trinajstić information content (AvgIpc) is 3.04. The predicted molar refractivity (Wildman–Crippen MR) is 94.1 cm³/mol. The maximum Gasteiger partial charge on any atom is 0.303 e. The molecule has 0 bridgehead atoms. The topological polar surface area (TPSA) is 74.8 Å². The molecule has 0 spiro atoms. The number of hydrogen-bond donors (Lipinski definition) is 2. The SMILES string of the molecule is O=C(O)CCCn1c(O)c(/C=C2/C=Nc3ccccc32)sc1=S. The number of benzene rings is 1. The highest BCUT2D eigenvalue weighted by Crippen LogP contribution is 2.35. The summed E-state index contributed by atoms with van der Waals surface area (Å²) in [6.07, 6.45) is 4.10. The van der Waals surface area contributed by atoms with Crippen molar-refractivity contribution in [2.45, 2.75) is 19.4 Å². The molecule has 2 N–H and O–H groups in total. The molecule has 0 radical (unpaired) electrons. The van der Waals surface area contributed by atoms with Crippen molar-refractivity contribution in [1.29, 1.82) is 0 Å². The zero-order chi connectivity index (χ0) is 16.4. The number of hydrogen-bond acceptors (Lipinski definition) is 5. The molecule has 2 heterocycles. The van der Waals surface area contributed by atoms with Crippen molar-refractivity contribution >= 4 is 53.1 Å². The maximum atomic E-state index is 10.6. The number of aromatic hydroxyl groups is 1. The van der Waals surface area contributed by atoms with Crippen LogP contribution < -0.4 is 0 Å². The molecule has 7 heteroatoms. The van der Waals surface area contributed by atoms with Gasteiger partial charge < -0.3 is 10.2 Å². The highest BCUT2D eigenvalue weighted by atomic mass is 32.1. The minimum atomic E-state index is -0.854. The van der Waals surface area contributed by atoms with Crippen LogP contribution in [0.25, 0.3) is 11.6 Å². The fourth-order valence-electron chi connectivity index (χ4n) is 2.39. The molecule has 23 heavy (non-hydrogen) atoms. The Hall–Kier alpha value is -2.25. The number of thiazole rings is 1. The first-order valence-electron chi connectivity index (χ1n) is 7.06. The number of carbonyl (C=O) groups is 1. The van der Waals surface area contributed by atoms with Crippen LogP contribution in [0.15, 0.2) is 29.3 Å². The molecule has 0 aliphatic carbocycles. The summed E-state index contributed by atoms with van der Waals surface area (Å²) in [7, 11) is 0. The Labute approximate surface area is 141 Å². The lowest BCUT2D eigenvalue weighted by Gasteiger charge is -2.03. The third-order valence-electron chi connectivity index (χ3n) is 3.51. The number of carboxylic acid groups (broad SMARTS) is 1. The second-order valence-corrected chi connectivity index (χ2v) is 6.76. The Bertz CT molecular complexity index is 878. The molecule has 2 aromatic rings. The summed E-state index contributed by atoms with van der Waals surface area (Å²) in [6.45, 7) is 0.390. The van der Waals surface area contributed by atoms with Gasteiger partial charge in [0.25, 0.3) is 0 Å². The van der Waals surface area contributed by atoms with Gasteiger partial charge in [0.15, 0.2) is 3.95 Å². The Morgan fingerprint density at radius 1 is 1.39 bits per heavy atom. The van der Waals surface area contributed by atoms with E-state index in [-0.39, 0.29) is 12.3 Å². The molecule has 0 amide bonds. The molecule has 1 aromatic carbocycles. The number of para-hydroxylation sites is 1. The molecule has 0 unspecified atom stereocenters. The molecule has 3 rings (SSSR count). The minimum absolute atomic E-state index is 0.0491. The molecule has 0 saturated heterocycles. The zero-order valence-corrected chi connectivity index (χ0v) is 13.7. The molecular weight excluding hydrogens is 332 g/mol. The summed E-state index contributed by atoms with van der Waals surface area (Å²) in [6, 6.07) is 7.79. The zero-order valence-electron chi connectivity index (χ0n) is 12.1. The normalized spacial score (nSPS) is 14.3. The summed E-state index contributed by atoms with van der Waals surface area (Å²) in [5, 5.41) is 19.1. The van der Waals surface area contributed by atoms with E-state index in [4.69, 9.17) is 17.3 Å². The molecule has 118 valence electrons. The highest BCUT2D eigenvalue weighted by Gasteiger charge is 2.15. The second-order valence-electron chi connectivity index (χ2n) is 5.08. The first-order chi connectivity index (χ1) is 11.1. The number of nitrogens with zero attached hydrogens (tertiary/aromatic N) is 2. The van der Waals surface area contributed by atoms with Crippen LogP contribution in [0.1, 0.15) is 23.3 Å². The number of rotatable bonds is 5. The highest BCUT2D eigenvalue weighted by molar-refractivity contribution is 7.73. The number of aliphatic imine (C=N–C) groups is 1. The third-order valence-corrected chi connectivity index (χ3v) is 4.90. The van der Waals surface area contributed by atoms with Gasteiger partial charge in [-0.25, -0.2) is 0 Å². The Balaban J connectivity index is 1.88. The molecule has 0 fully saturated rings. The number of aliphatic carboxylic acids is 1. The molecule has 1 aliphatic rings. The predicted octanol–water partition coefficient (Wildman–Crippen LogP) is 4.11. The van der Waals surface area contributed by atoms with Crippen molar-refractivity contribution in [2.75, 3.05) is 0 Å². The lowest BCUT2D eigenvalue weighted by atomic mass is 10.1. The van der Waals surface area contributed by atoms with Gasteiger partial charge in [0.2, 0.25) is 5.88 Å². The fourth-order valence-corrected chi connectivity index (χ4v) is 3.70. The Kier molecular flexibility index (Phi) is 4.40. The maximum absolute atomic E-state index is 10.6. The Morgan fingerprint density at radius 3 is 2.96 bits per heavy atom. The van der Waals surface area contributed by atoms with Crippen molar-refractivity contribution in [3.63, 3.8) is 0 Å². The van der Waals surface area contributed by atoms with Crippen molar-refractivity contribution in [1.82, 2.24) is 4.57 Å². The van der Waals surface area contributed by atoms with Gasteiger partial charge in [-0.15, -0.1) is 11.3 Å². The first-order valence-corrected chi connectivity index (χ1v) is 8.28. The summed E-state index contributed by atoms with van der Waals surface area (Å²) < 4.78 is 2.11. The molecule has 5 nitrogen and oxygen atoms in total. The minimum Gasteiger partial charge on any atom is -0.493 e. The monoisotopic (exact) mass is 346 g/mol. The van der Waals surface area contributed by atoms with Crippen LogP contribution in [-0.2, 0) is 11.3 Å². The largest absolute Gasteiger partial charge is 0.493 e. The quantitative estimate of drug-likeness (QED) is 0.799. The van der Waals surface area contributed by atoms with Crippen LogP contribution in [0.2, 0.25) is 0 Å². The van der Waals surface area contributed by atoms with Crippen molar-refractivity contribution < 1.29 is 15.0 Å². The van der Waals surface area contributed by atoms with E-state index in [2.05, 4.69) is 4.99 Å². The molecule has 1 aromatic heterocycles. The van der Waals surface area contributed by atoms with Crippen molar-refractivity contribution in [3.05, 3.63) is 38.7 Å². The van der Waals surface area contributed by atoms with Crippen LogP contribution >= 0.6 is 23.6 Å².